The highest BCUT2D eigenvalue weighted by Crippen LogP contribution is 2.61. The van der Waals surface area contributed by atoms with E-state index in [-0.39, 0.29) is 53.3 Å². The second kappa shape index (κ2) is 11.3. The number of aromatic amines is 1. The Hall–Kier alpha value is -5.39. The quantitative estimate of drug-likeness (QED) is 0.141. The van der Waals surface area contributed by atoms with E-state index >= 15 is 0 Å². The van der Waals surface area contributed by atoms with Gasteiger partial charge in [-0.2, -0.15) is 4.98 Å². The Kier molecular flexibility index (Phi) is 6.88. The molecular weight excluding hydrogens is 694 g/mol. The van der Waals surface area contributed by atoms with Gasteiger partial charge in [0.25, 0.3) is 5.89 Å². The highest BCUT2D eigenvalue weighted by Gasteiger charge is 2.61. The van der Waals surface area contributed by atoms with Crippen LogP contribution in [-0.4, -0.2) is 44.1 Å². The van der Waals surface area contributed by atoms with Gasteiger partial charge in [-0.15, -0.1) is 0 Å². The molecule has 0 saturated heterocycles. The summed E-state index contributed by atoms with van der Waals surface area (Å²) in [6, 6.07) is 17.5. The first-order valence-corrected chi connectivity index (χ1v) is 18.4. The number of anilines is 1. The Morgan fingerprint density at radius 1 is 1.00 bits per heavy atom. The summed E-state index contributed by atoms with van der Waals surface area (Å²) in [4.78, 5) is 40.8. The van der Waals surface area contributed by atoms with Crippen LogP contribution in [0.25, 0.3) is 44.9 Å². The molecule has 53 heavy (non-hydrogen) atoms. The van der Waals surface area contributed by atoms with Crippen LogP contribution in [0.4, 0.5) is 5.69 Å². The summed E-state index contributed by atoms with van der Waals surface area (Å²) in [5.74, 6) is -0.0344. The maximum absolute atomic E-state index is 14.2. The van der Waals surface area contributed by atoms with Gasteiger partial charge in [0.15, 0.2) is 34.4 Å². The van der Waals surface area contributed by atoms with Crippen LogP contribution < -0.4 is 15.4 Å². The van der Waals surface area contributed by atoms with Crippen molar-refractivity contribution in [2.75, 3.05) is 5.32 Å². The molecule has 4 aliphatic rings. The number of para-hydroxylation sites is 1. The molecule has 4 N–H and O–H groups in total. The van der Waals surface area contributed by atoms with Crippen LogP contribution >= 0.6 is 11.6 Å². The van der Waals surface area contributed by atoms with Gasteiger partial charge in [-0.1, -0.05) is 81.8 Å². The number of aliphatic hydroxyl groups excluding tert-OH is 1. The molecule has 3 aromatic carbocycles. The van der Waals surface area contributed by atoms with Crippen molar-refractivity contribution in [1.82, 2.24) is 20.3 Å². The lowest BCUT2D eigenvalue weighted by Crippen LogP contribution is -2.41. The molecule has 10 bridgehead atoms. The van der Waals surface area contributed by atoms with Crippen molar-refractivity contribution in [3.05, 3.63) is 94.3 Å². The Morgan fingerprint density at radius 2 is 1.81 bits per heavy atom. The van der Waals surface area contributed by atoms with Crippen molar-refractivity contribution < 1.29 is 28.3 Å². The molecule has 1 amide bonds. The Labute approximate surface area is 309 Å². The number of oxazole rings is 2. The van der Waals surface area contributed by atoms with E-state index in [0.29, 0.717) is 23.0 Å². The predicted molar refractivity (Wildman–Crippen MR) is 197 cm³/mol. The first-order chi connectivity index (χ1) is 25.5. The predicted octanol–water partition coefficient (Wildman–Crippen LogP) is 7.55. The number of hydrogen-bond donors (Lipinski definition) is 4. The van der Waals surface area contributed by atoms with Gasteiger partial charge in [0.05, 0.1) is 0 Å². The Morgan fingerprint density at radius 3 is 2.62 bits per heavy atom. The van der Waals surface area contributed by atoms with Crippen LogP contribution in [0.15, 0.2) is 69.6 Å². The van der Waals surface area contributed by atoms with E-state index in [1.54, 1.807) is 13.8 Å². The minimum Gasteiger partial charge on any atom is -0.469 e. The molecule has 3 aromatic heterocycles. The summed E-state index contributed by atoms with van der Waals surface area (Å²) in [5, 5.41) is 18.7. The van der Waals surface area contributed by atoms with Crippen LogP contribution in [0, 0.1) is 17.8 Å². The average Bonchev–Trinajstić information content (AvgIpc) is 3.95. The number of fused-ring (bicyclic) bond motifs is 7. The highest BCUT2D eigenvalue weighted by molar-refractivity contribution is 6.32. The fourth-order valence-electron chi connectivity index (χ4n) is 8.75. The molecule has 11 nitrogen and oxygen atoms in total. The maximum atomic E-state index is 14.2. The number of carbonyl (C=O) groups excluding carboxylic acids is 2. The zero-order valence-electron chi connectivity index (χ0n) is 29.4. The summed E-state index contributed by atoms with van der Waals surface area (Å²) >= 11 is 6.94. The second-order valence-electron chi connectivity index (χ2n) is 15.3. The van der Waals surface area contributed by atoms with Crippen LogP contribution in [-0.2, 0) is 21.4 Å². The van der Waals surface area contributed by atoms with E-state index in [2.05, 4.69) is 33.8 Å². The number of Topliss-reactive ketones (excluding diaryl/α,β-unsaturated/α-hetero) is 1. The molecular formula is C41H36ClN5O6. The number of aliphatic hydroxyl groups is 1. The van der Waals surface area contributed by atoms with E-state index in [1.807, 2.05) is 56.4 Å². The molecule has 1 unspecified atom stereocenters. The normalized spacial score (nSPS) is 22.5. The van der Waals surface area contributed by atoms with Gasteiger partial charge < -0.3 is 34.3 Å². The lowest BCUT2D eigenvalue weighted by molar-refractivity contribution is -0.135. The van der Waals surface area contributed by atoms with Gasteiger partial charge in [-0.25, -0.2) is 4.98 Å². The number of nitrogens with zero attached hydrogens (tertiary/aromatic N) is 2. The standard InChI is InChI=1S/C41H36ClN5O6/c1-17(2)30-38-45-32-35(53-38)41-24-9-5-8-22(21-7-6-10-26-29(21)23(16-43-26)34-36(42)47-39(32)52-34)31(24)46-40(41)51-28-12-11-19(14-25(28)41)13-20(37(50)44-30)15-27(48)33(49)18(3)4/h5-12,14,16-18,20,30,33,40,43,46,49H,13,15H2,1-4H3,(H,44,50)/t20-,30+,33+,40+,41?/m1/s1. The van der Waals surface area contributed by atoms with Crippen LogP contribution in [0.5, 0.6) is 5.75 Å². The summed E-state index contributed by atoms with van der Waals surface area (Å²) < 4.78 is 20.4. The van der Waals surface area contributed by atoms with Gasteiger partial charge in [-0.3, -0.25) is 9.59 Å². The summed E-state index contributed by atoms with van der Waals surface area (Å²) in [6.45, 7) is 7.51. The fraction of sp³-hybridized carbons (Fsp3) is 0.317. The number of halogens is 1. The van der Waals surface area contributed by atoms with Crippen LogP contribution in [0.3, 0.4) is 0 Å². The number of amides is 1. The number of ketones is 1. The molecule has 12 heteroatoms. The smallest absolute Gasteiger partial charge is 0.250 e. The molecule has 0 radical (unpaired) electrons. The topological polar surface area (TPSA) is 156 Å². The molecule has 268 valence electrons. The number of rotatable bonds is 5. The number of carbonyl (C=O) groups is 2. The van der Waals surface area contributed by atoms with Crippen molar-refractivity contribution in [2.24, 2.45) is 17.8 Å². The van der Waals surface area contributed by atoms with Crippen LogP contribution in [0.1, 0.15) is 68.5 Å². The van der Waals surface area contributed by atoms with E-state index in [9.17, 15) is 14.7 Å². The van der Waals surface area contributed by atoms with Gasteiger partial charge >= 0.3 is 0 Å². The third-order valence-electron chi connectivity index (χ3n) is 11.4. The number of nitrogens with one attached hydrogen (secondary N) is 3. The van der Waals surface area contributed by atoms with Crippen molar-refractivity contribution in [1.29, 1.82) is 0 Å². The first kappa shape index (κ1) is 32.3. The number of H-pyrrole nitrogens is 1. The van der Waals surface area contributed by atoms with E-state index < -0.39 is 29.7 Å². The molecule has 10 rings (SSSR count). The SMILES string of the molecule is CC(C)[C@H](O)C(=O)C[C@H]1Cc2ccc3c(c2)C24c5cccc(c5N[C@H]2O3)-c2cccc3[nH]cc(c23)-c2oc(nc2Cl)-c2nc(oc24)[C@H](C(C)C)NC1=O. The first-order valence-electron chi connectivity index (χ1n) is 18.0. The van der Waals surface area contributed by atoms with Gasteiger partial charge in [0, 0.05) is 57.4 Å². The molecule has 0 fully saturated rings. The molecule has 5 atom stereocenters. The van der Waals surface area contributed by atoms with Crippen molar-refractivity contribution in [2.45, 2.75) is 64.3 Å². The third-order valence-corrected chi connectivity index (χ3v) is 11.7. The van der Waals surface area contributed by atoms with Crippen molar-refractivity contribution in [3.8, 4) is 39.8 Å². The van der Waals surface area contributed by atoms with Gasteiger partial charge in [0.1, 0.15) is 23.3 Å². The molecule has 6 aromatic rings. The summed E-state index contributed by atoms with van der Waals surface area (Å²) in [7, 11) is 0. The molecule has 0 aliphatic carbocycles. The number of benzene rings is 3. The van der Waals surface area contributed by atoms with Gasteiger partial charge in [-0.05, 0) is 41.5 Å². The average molecular weight is 730 g/mol. The van der Waals surface area contributed by atoms with E-state index in [0.717, 1.165) is 50.0 Å². The fourth-order valence-corrected chi connectivity index (χ4v) is 8.97. The number of aromatic nitrogens is 3. The van der Waals surface area contributed by atoms with E-state index in [1.165, 1.54) is 0 Å². The lowest BCUT2D eigenvalue weighted by atomic mass is 9.72. The minimum atomic E-state index is -1.18. The summed E-state index contributed by atoms with van der Waals surface area (Å²) in [6.07, 6.45) is 0.171. The van der Waals surface area contributed by atoms with Crippen molar-refractivity contribution >= 4 is 39.9 Å². The monoisotopic (exact) mass is 729 g/mol. The van der Waals surface area contributed by atoms with Crippen molar-refractivity contribution in [3.63, 3.8) is 0 Å². The maximum Gasteiger partial charge on any atom is 0.250 e. The minimum absolute atomic E-state index is 0.128. The molecule has 7 heterocycles. The van der Waals surface area contributed by atoms with Gasteiger partial charge in [0.2, 0.25) is 11.8 Å². The second-order valence-corrected chi connectivity index (χ2v) is 15.7. The molecule has 1 spiro atoms. The molecule has 4 aliphatic heterocycles. The van der Waals surface area contributed by atoms with Crippen LogP contribution in [0.2, 0.25) is 5.15 Å². The highest BCUT2D eigenvalue weighted by atomic mass is 35.5. The van der Waals surface area contributed by atoms with E-state index in [4.69, 9.17) is 35.1 Å². The zero-order chi connectivity index (χ0) is 36.5. The Bertz CT molecular complexity index is 2530. The molecule has 0 saturated carbocycles. The lowest BCUT2D eigenvalue weighted by Gasteiger charge is -2.28. The summed E-state index contributed by atoms with van der Waals surface area (Å²) in [5.41, 5.74) is 6.29. The Balaban J connectivity index is 1.29. The number of ether oxygens (including phenoxy) is 1. The number of hydrogen-bond acceptors (Lipinski definition) is 9. The third kappa shape index (κ3) is 4.44. The zero-order valence-corrected chi connectivity index (χ0v) is 30.2. The largest absolute Gasteiger partial charge is 0.469 e.